The second-order valence-corrected chi connectivity index (χ2v) is 7.42. The Kier molecular flexibility index (Phi) is 5.42. The van der Waals surface area contributed by atoms with E-state index >= 15 is 0 Å². The molecule has 0 atom stereocenters. The molecule has 28 heavy (non-hydrogen) atoms. The Hall–Kier alpha value is -3.08. The van der Waals surface area contributed by atoms with Crippen LogP contribution in [-0.2, 0) is 0 Å². The van der Waals surface area contributed by atoms with Gasteiger partial charge in [-0.15, -0.1) is 0 Å². The Labute approximate surface area is 167 Å². The minimum absolute atomic E-state index is 0.638. The van der Waals surface area contributed by atoms with Crippen molar-refractivity contribution in [1.29, 1.82) is 0 Å². The Morgan fingerprint density at radius 2 is 1.57 bits per heavy atom. The average Bonchev–Trinajstić information content (AvgIpc) is 2.75. The zero-order valence-corrected chi connectivity index (χ0v) is 16.6. The van der Waals surface area contributed by atoms with E-state index in [2.05, 4.69) is 57.6 Å². The average molecular weight is 374 g/mol. The second kappa shape index (κ2) is 8.30. The summed E-state index contributed by atoms with van der Waals surface area (Å²) in [6.07, 6.45) is 3.75. The van der Waals surface area contributed by atoms with Crippen molar-refractivity contribution in [3.05, 3.63) is 60.7 Å². The van der Waals surface area contributed by atoms with E-state index in [9.17, 15) is 0 Å². The summed E-state index contributed by atoms with van der Waals surface area (Å²) in [5.74, 6) is 1.64. The number of hydrogen-bond donors (Lipinski definition) is 1. The molecule has 2 aromatic carbocycles. The molecule has 0 amide bonds. The maximum absolute atomic E-state index is 4.83. The van der Waals surface area contributed by atoms with Gasteiger partial charge in [0.1, 0.15) is 5.82 Å². The monoisotopic (exact) mass is 373 g/mol. The quantitative estimate of drug-likeness (QED) is 0.686. The fraction of sp³-hybridized carbons (Fsp3) is 0.304. The lowest BCUT2D eigenvalue weighted by molar-refractivity contribution is 0.573. The van der Waals surface area contributed by atoms with Gasteiger partial charge in [0.05, 0.1) is 5.69 Å². The first-order valence-corrected chi connectivity index (χ1v) is 9.93. The minimum Gasteiger partial charge on any atom is -0.378 e. The van der Waals surface area contributed by atoms with Crippen LogP contribution < -0.4 is 15.1 Å². The Morgan fingerprint density at radius 1 is 0.857 bits per heavy atom. The minimum atomic E-state index is 0.638. The maximum atomic E-state index is 4.83. The molecular formula is C23H27N5. The van der Waals surface area contributed by atoms with E-state index in [-0.39, 0.29) is 0 Å². The van der Waals surface area contributed by atoms with Crippen molar-refractivity contribution in [3.63, 3.8) is 0 Å². The van der Waals surface area contributed by atoms with Crippen molar-refractivity contribution >= 4 is 23.1 Å². The van der Waals surface area contributed by atoms with Gasteiger partial charge in [-0.3, -0.25) is 0 Å². The van der Waals surface area contributed by atoms with Crippen molar-refractivity contribution in [2.75, 3.05) is 42.3 Å². The SMILES string of the molecule is CN(C)c1ccc(Nc2nc(-c3ccccc3)cc(N3CCCCC3)n2)cc1. The van der Waals surface area contributed by atoms with Crippen LogP contribution in [0.4, 0.5) is 23.1 Å². The van der Waals surface area contributed by atoms with Crippen LogP contribution in [0.15, 0.2) is 60.7 Å². The molecule has 0 spiro atoms. The number of anilines is 4. The highest BCUT2D eigenvalue weighted by atomic mass is 15.2. The highest BCUT2D eigenvalue weighted by Crippen LogP contribution is 2.27. The van der Waals surface area contributed by atoms with Gasteiger partial charge in [0, 0.05) is 50.2 Å². The third kappa shape index (κ3) is 4.25. The first kappa shape index (κ1) is 18.3. The zero-order chi connectivity index (χ0) is 19.3. The van der Waals surface area contributed by atoms with Crippen molar-refractivity contribution in [2.24, 2.45) is 0 Å². The van der Waals surface area contributed by atoms with E-state index in [1.54, 1.807) is 0 Å². The number of nitrogens with one attached hydrogen (secondary N) is 1. The molecule has 4 rings (SSSR count). The van der Waals surface area contributed by atoms with Crippen molar-refractivity contribution in [1.82, 2.24) is 9.97 Å². The molecule has 5 nitrogen and oxygen atoms in total. The molecule has 3 aromatic rings. The molecule has 0 saturated carbocycles. The van der Waals surface area contributed by atoms with Gasteiger partial charge in [-0.2, -0.15) is 4.98 Å². The Bertz CT molecular complexity index is 900. The molecule has 2 heterocycles. The van der Waals surface area contributed by atoms with Crippen LogP contribution in [-0.4, -0.2) is 37.2 Å². The molecule has 1 saturated heterocycles. The number of hydrogen-bond acceptors (Lipinski definition) is 5. The summed E-state index contributed by atoms with van der Waals surface area (Å²) in [6.45, 7) is 2.12. The molecule has 0 unspecified atom stereocenters. The molecule has 0 bridgehead atoms. The fourth-order valence-electron chi connectivity index (χ4n) is 3.50. The molecular weight excluding hydrogens is 346 g/mol. The van der Waals surface area contributed by atoms with Crippen LogP contribution in [0.3, 0.4) is 0 Å². The summed E-state index contributed by atoms with van der Waals surface area (Å²) < 4.78 is 0. The van der Waals surface area contributed by atoms with E-state index < -0.39 is 0 Å². The van der Waals surface area contributed by atoms with Gasteiger partial charge in [-0.25, -0.2) is 4.98 Å². The molecule has 1 aliphatic rings. The van der Waals surface area contributed by atoms with Crippen LogP contribution in [0, 0.1) is 0 Å². The zero-order valence-electron chi connectivity index (χ0n) is 16.6. The maximum Gasteiger partial charge on any atom is 0.229 e. The summed E-state index contributed by atoms with van der Waals surface area (Å²) in [6, 6.07) is 20.7. The number of rotatable bonds is 5. The van der Waals surface area contributed by atoms with Crippen molar-refractivity contribution < 1.29 is 0 Å². The van der Waals surface area contributed by atoms with Gasteiger partial charge in [0.15, 0.2) is 0 Å². The Morgan fingerprint density at radius 3 is 2.25 bits per heavy atom. The van der Waals surface area contributed by atoms with Crippen LogP contribution >= 0.6 is 0 Å². The second-order valence-electron chi connectivity index (χ2n) is 7.42. The number of piperidine rings is 1. The molecule has 1 aliphatic heterocycles. The largest absolute Gasteiger partial charge is 0.378 e. The van der Waals surface area contributed by atoms with Gasteiger partial charge in [0.25, 0.3) is 0 Å². The number of benzene rings is 2. The third-order valence-electron chi connectivity index (χ3n) is 5.10. The first-order chi connectivity index (χ1) is 13.7. The molecule has 1 aromatic heterocycles. The van der Waals surface area contributed by atoms with E-state index in [0.29, 0.717) is 5.95 Å². The molecule has 144 valence electrons. The number of aromatic nitrogens is 2. The van der Waals surface area contributed by atoms with Crippen molar-refractivity contribution in [3.8, 4) is 11.3 Å². The lowest BCUT2D eigenvalue weighted by Crippen LogP contribution is -2.30. The summed E-state index contributed by atoms with van der Waals surface area (Å²) in [5.41, 5.74) is 4.21. The van der Waals surface area contributed by atoms with E-state index in [0.717, 1.165) is 35.9 Å². The van der Waals surface area contributed by atoms with Gasteiger partial charge < -0.3 is 15.1 Å². The number of nitrogens with zero attached hydrogens (tertiary/aromatic N) is 4. The highest BCUT2D eigenvalue weighted by Gasteiger charge is 2.15. The van der Waals surface area contributed by atoms with E-state index in [1.807, 2.05) is 32.3 Å². The van der Waals surface area contributed by atoms with E-state index in [1.165, 1.54) is 24.9 Å². The third-order valence-corrected chi connectivity index (χ3v) is 5.10. The van der Waals surface area contributed by atoms with Gasteiger partial charge >= 0.3 is 0 Å². The topological polar surface area (TPSA) is 44.3 Å². The lowest BCUT2D eigenvalue weighted by Gasteiger charge is -2.28. The lowest BCUT2D eigenvalue weighted by atomic mass is 10.1. The fourth-order valence-corrected chi connectivity index (χ4v) is 3.50. The first-order valence-electron chi connectivity index (χ1n) is 9.93. The Balaban J connectivity index is 1.66. The summed E-state index contributed by atoms with van der Waals surface area (Å²) in [7, 11) is 4.08. The van der Waals surface area contributed by atoms with Gasteiger partial charge in [-0.1, -0.05) is 30.3 Å². The van der Waals surface area contributed by atoms with Crippen molar-refractivity contribution in [2.45, 2.75) is 19.3 Å². The molecule has 5 heteroatoms. The molecule has 1 N–H and O–H groups in total. The van der Waals surface area contributed by atoms with Gasteiger partial charge in [0.2, 0.25) is 5.95 Å². The van der Waals surface area contributed by atoms with Crippen LogP contribution in [0.2, 0.25) is 0 Å². The predicted octanol–water partition coefficient (Wildman–Crippen LogP) is 4.94. The van der Waals surface area contributed by atoms with Crippen LogP contribution in [0.1, 0.15) is 19.3 Å². The molecule has 1 fully saturated rings. The van der Waals surface area contributed by atoms with E-state index in [4.69, 9.17) is 9.97 Å². The van der Waals surface area contributed by atoms with Gasteiger partial charge in [-0.05, 0) is 43.5 Å². The normalized spacial score (nSPS) is 14.0. The summed E-state index contributed by atoms with van der Waals surface area (Å²) in [5, 5.41) is 3.39. The molecule has 0 aliphatic carbocycles. The smallest absolute Gasteiger partial charge is 0.229 e. The highest BCUT2D eigenvalue weighted by molar-refractivity contribution is 5.67. The summed E-state index contributed by atoms with van der Waals surface area (Å²) in [4.78, 5) is 14.1. The standard InChI is InChI=1S/C23H27N5/c1-27(2)20-13-11-19(12-14-20)24-23-25-21(18-9-5-3-6-10-18)17-22(26-23)28-15-7-4-8-16-28/h3,5-6,9-14,17H,4,7-8,15-16H2,1-2H3,(H,24,25,26). The predicted molar refractivity (Wildman–Crippen MR) is 118 cm³/mol. The van der Waals surface area contributed by atoms with Crippen LogP contribution in [0.25, 0.3) is 11.3 Å². The molecule has 0 radical (unpaired) electrons. The summed E-state index contributed by atoms with van der Waals surface area (Å²) >= 11 is 0. The van der Waals surface area contributed by atoms with Crippen LogP contribution in [0.5, 0.6) is 0 Å².